The quantitative estimate of drug-likeness (QED) is 0.470. The van der Waals surface area contributed by atoms with Gasteiger partial charge in [-0.15, -0.1) is 11.8 Å². The summed E-state index contributed by atoms with van der Waals surface area (Å²) in [6.45, 7) is 1.81. The number of nitrogen functional groups attached to an aromatic ring is 1. The summed E-state index contributed by atoms with van der Waals surface area (Å²) in [6, 6.07) is 2.72. The third-order valence-electron chi connectivity index (χ3n) is 4.82. The van der Waals surface area contributed by atoms with Crippen molar-refractivity contribution in [3.8, 4) is 0 Å². The molecule has 1 aromatic rings. The molecule has 1 heterocycles. The van der Waals surface area contributed by atoms with Crippen LogP contribution in [0.15, 0.2) is 23.3 Å². The number of nitrogens with two attached hydrogens (primary N) is 1. The van der Waals surface area contributed by atoms with Gasteiger partial charge in [-0.05, 0) is 51.0 Å². The number of rotatable bonds is 5. The highest BCUT2D eigenvalue weighted by atomic mass is 32.2. The Labute approximate surface area is 160 Å². The Morgan fingerprint density at radius 2 is 1.85 bits per heavy atom. The van der Waals surface area contributed by atoms with Crippen molar-refractivity contribution in [3.05, 3.63) is 34.7 Å². The summed E-state index contributed by atoms with van der Waals surface area (Å²) in [4.78, 5) is 38.6. The van der Waals surface area contributed by atoms with E-state index in [9.17, 15) is 14.4 Å². The number of benzene rings is 1. The number of amides is 2. The predicted octanol–water partition coefficient (Wildman–Crippen LogP) is 3.12. The van der Waals surface area contributed by atoms with E-state index in [1.54, 1.807) is 13.2 Å². The fourth-order valence-corrected chi connectivity index (χ4v) is 4.28. The van der Waals surface area contributed by atoms with Gasteiger partial charge in [0.25, 0.3) is 11.8 Å². The van der Waals surface area contributed by atoms with Gasteiger partial charge in [-0.3, -0.25) is 14.4 Å². The average Bonchev–Trinajstić information content (AvgIpc) is 2.90. The Bertz CT molecular complexity index is 824. The number of esters is 1. The van der Waals surface area contributed by atoms with Crippen molar-refractivity contribution < 1.29 is 23.5 Å². The first-order valence-electron chi connectivity index (χ1n) is 8.80. The zero-order valence-electron chi connectivity index (χ0n) is 15.2. The van der Waals surface area contributed by atoms with Gasteiger partial charge < -0.3 is 10.5 Å². The molecule has 0 saturated heterocycles. The summed E-state index contributed by atoms with van der Waals surface area (Å²) in [5, 5.41) is -0.986. The number of carbonyl (C=O) groups excluding carboxylic acids is 3. The van der Waals surface area contributed by atoms with Crippen LogP contribution in [-0.2, 0) is 19.1 Å². The second kappa shape index (κ2) is 7.72. The van der Waals surface area contributed by atoms with Crippen LogP contribution in [0.2, 0.25) is 0 Å². The molecule has 144 valence electrons. The number of carbonyl (C=O) groups is 3. The van der Waals surface area contributed by atoms with E-state index in [0.717, 1.165) is 29.5 Å². The van der Waals surface area contributed by atoms with Gasteiger partial charge in [0.15, 0.2) is 5.82 Å². The minimum Gasteiger partial charge on any atom is -0.465 e. The molecule has 3 rings (SSSR count). The molecule has 1 aromatic carbocycles. The van der Waals surface area contributed by atoms with Gasteiger partial charge in [0, 0.05) is 22.4 Å². The summed E-state index contributed by atoms with van der Waals surface area (Å²) >= 11 is 1.08. The van der Waals surface area contributed by atoms with Crippen molar-refractivity contribution in [3.63, 3.8) is 0 Å². The lowest BCUT2D eigenvalue weighted by Gasteiger charge is -2.21. The standard InChI is InChI=1S/C19H21FN2O4S/c1-3-26-19(25)16(27-2)14-12(21)8-9-13(15(14)20)22-17(23)10-6-4-5-7-11(10)18(22)24/h8-9,16H,3-7,21H2,1-2H3. The molecule has 1 atom stereocenters. The molecular weight excluding hydrogens is 371 g/mol. The fourth-order valence-electron chi connectivity index (χ4n) is 3.54. The first-order chi connectivity index (χ1) is 12.9. The molecule has 0 fully saturated rings. The van der Waals surface area contributed by atoms with Gasteiger partial charge in [0.2, 0.25) is 0 Å². The summed E-state index contributed by atoms with van der Waals surface area (Å²) < 4.78 is 20.4. The molecule has 1 unspecified atom stereocenters. The van der Waals surface area contributed by atoms with E-state index in [1.165, 1.54) is 12.1 Å². The molecule has 1 aliphatic heterocycles. The van der Waals surface area contributed by atoms with E-state index in [-0.39, 0.29) is 23.5 Å². The minimum atomic E-state index is -0.986. The number of thioether (sulfide) groups is 1. The Morgan fingerprint density at radius 1 is 1.26 bits per heavy atom. The molecule has 6 nitrogen and oxygen atoms in total. The Kier molecular flexibility index (Phi) is 5.55. The van der Waals surface area contributed by atoms with Crippen LogP contribution in [0.3, 0.4) is 0 Å². The summed E-state index contributed by atoms with van der Waals surface area (Å²) in [5.41, 5.74) is 6.69. The van der Waals surface area contributed by atoms with Crippen LogP contribution in [0.4, 0.5) is 15.8 Å². The maximum atomic E-state index is 15.4. The molecule has 0 spiro atoms. The zero-order chi connectivity index (χ0) is 19.7. The van der Waals surface area contributed by atoms with Gasteiger partial charge in [0.1, 0.15) is 5.25 Å². The number of hydrogen-bond donors (Lipinski definition) is 1. The number of nitrogens with zero attached hydrogens (tertiary/aromatic N) is 1. The molecule has 0 bridgehead atoms. The maximum absolute atomic E-state index is 15.4. The second-order valence-electron chi connectivity index (χ2n) is 6.38. The average molecular weight is 392 g/mol. The van der Waals surface area contributed by atoms with Gasteiger partial charge in [0.05, 0.1) is 12.3 Å². The van der Waals surface area contributed by atoms with Crippen molar-refractivity contribution in [2.75, 3.05) is 23.5 Å². The second-order valence-corrected chi connectivity index (χ2v) is 7.32. The van der Waals surface area contributed by atoms with Gasteiger partial charge in [-0.25, -0.2) is 9.29 Å². The maximum Gasteiger partial charge on any atom is 0.323 e. The lowest BCUT2D eigenvalue weighted by atomic mass is 9.93. The van der Waals surface area contributed by atoms with Gasteiger partial charge in [-0.2, -0.15) is 0 Å². The van der Waals surface area contributed by atoms with E-state index in [0.29, 0.717) is 24.0 Å². The number of halogens is 1. The largest absolute Gasteiger partial charge is 0.465 e. The SMILES string of the molecule is CCOC(=O)C(SC)c1c(N)ccc(N2C(=O)C3=C(CCCC3)C2=O)c1F. The highest BCUT2D eigenvalue weighted by Gasteiger charge is 2.41. The topological polar surface area (TPSA) is 89.7 Å². The molecular formula is C19H21FN2O4S. The van der Waals surface area contributed by atoms with E-state index in [2.05, 4.69) is 0 Å². The Hall–Kier alpha value is -2.35. The zero-order valence-corrected chi connectivity index (χ0v) is 16.0. The van der Waals surface area contributed by atoms with Crippen molar-refractivity contribution in [1.82, 2.24) is 0 Å². The van der Waals surface area contributed by atoms with Crippen LogP contribution < -0.4 is 10.6 Å². The van der Waals surface area contributed by atoms with Crippen molar-refractivity contribution >= 4 is 40.9 Å². The number of ether oxygens (including phenoxy) is 1. The third-order valence-corrected chi connectivity index (χ3v) is 5.72. The molecule has 2 amide bonds. The minimum absolute atomic E-state index is 0.0658. The van der Waals surface area contributed by atoms with E-state index >= 15 is 4.39 Å². The molecule has 2 N–H and O–H groups in total. The first kappa shape index (κ1) is 19.4. The van der Waals surface area contributed by atoms with E-state index < -0.39 is 28.9 Å². The molecule has 8 heteroatoms. The van der Waals surface area contributed by atoms with Crippen molar-refractivity contribution in [2.24, 2.45) is 0 Å². The van der Waals surface area contributed by atoms with Crippen LogP contribution in [0.5, 0.6) is 0 Å². The fraction of sp³-hybridized carbons (Fsp3) is 0.421. The lowest BCUT2D eigenvalue weighted by molar-refractivity contribution is -0.142. The van der Waals surface area contributed by atoms with Crippen LogP contribution in [0.1, 0.15) is 43.4 Å². The van der Waals surface area contributed by atoms with Crippen LogP contribution in [0.25, 0.3) is 0 Å². The molecule has 1 aliphatic carbocycles. The normalized spacial score (nSPS) is 18.0. The third kappa shape index (κ3) is 3.22. The lowest BCUT2D eigenvalue weighted by Crippen LogP contribution is -2.33. The van der Waals surface area contributed by atoms with Crippen LogP contribution in [-0.4, -0.2) is 30.6 Å². The predicted molar refractivity (Wildman–Crippen MR) is 102 cm³/mol. The van der Waals surface area contributed by atoms with Crippen LogP contribution in [0, 0.1) is 5.82 Å². The number of imide groups is 1. The van der Waals surface area contributed by atoms with Gasteiger partial charge in [-0.1, -0.05) is 0 Å². The first-order valence-corrected chi connectivity index (χ1v) is 10.1. The number of hydrogen-bond acceptors (Lipinski definition) is 6. The summed E-state index contributed by atoms with van der Waals surface area (Å²) in [7, 11) is 0. The van der Waals surface area contributed by atoms with Crippen molar-refractivity contribution in [1.29, 1.82) is 0 Å². The van der Waals surface area contributed by atoms with Crippen LogP contribution >= 0.6 is 11.8 Å². The summed E-state index contributed by atoms with van der Waals surface area (Å²) in [5.74, 6) is -2.43. The molecule has 27 heavy (non-hydrogen) atoms. The molecule has 0 radical (unpaired) electrons. The smallest absolute Gasteiger partial charge is 0.323 e. The highest BCUT2D eigenvalue weighted by molar-refractivity contribution is 7.99. The summed E-state index contributed by atoms with van der Waals surface area (Å²) in [6.07, 6.45) is 4.35. The highest BCUT2D eigenvalue weighted by Crippen LogP contribution is 2.41. The van der Waals surface area contributed by atoms with Crippen molar-refractivity contribution in [2.45, 2.75) is 37.9 Å². The monoisotopic (exact) mass is 392 g/mol. The Morgan fingerprint density at radius 3 is 2.37 bits per heavy atom. The molecule has 0 aromatic heterocycles. The Balaban J connectivity index is 2.05. The molecule has 2 aliphatic rings. The van der Waals surface area contributed by atoms with E-state index in [1.807, 2.05) is 0 Å². The van der Waals surface area contributed by atoms with E-state index in [4.69, 9.17) is 10.5 Å². The van der Waals surface area contributed by atoms with Gasteiger partial charge >= 0.3 is 5.97 Å². The number of anilines is 2. The molecule has 0 saturated carbocycles.